The van der Waals surface area contributed by atoms with Crippen LogP contribution in [0.4, 0.5) is 17.1 Å². The lowest BCUT2D eigenvalue weighted by atomic mass is 9.86. The van der Waals surface area contributed by atoms with E-state index >= 15 is 0 Å². The average molecular weight is 721 g/mol. The smallest absolute Gasteiger partial charge is 0.227 e. The maximum Gasteiger partial charge on any atom is 0.227 e. The summed E-state index contributed by atoms with van der Waals surface area (Å²) in [7, 11) is 0. The third kappa shape index (κ3) is 6.37. The Hall–Kier alpha value is -6.97. The Bertz CT molecular complexity index is 2810. The lowest BCUT2D eigenvalue weighted by molar-refractivity contribution is 0.620. The zero-order valence-electron chi connectivity index (χ0n) is 31.1. The molecule has 0 N–H and O–H groups in total. The summed E-state index contributed by atoms with van der Waals surface area (Å²) < 4.78 is 6.53. The van der Waals surface area contributed by atoms with E-state index in [9.17, 15) is 0 Å². The number of aromatic nitrogens is 1. The molecule has 0 bridgehead atoms. The molecule has 0 fully saturated rings. The van der Waals surface area contributed by atoms with E-state index in [4.69, 9.17) is 9.40 Å². The summed E-state index contributed by atoms with van der Waals surface area (Å²) in [6, 6.07) is 58.0. The number of benzene rings is 7. The molecular weight excluding hydrogens is 681 g/mol. The Morgan fingerprint density at radius 3 is 1.98 bits per heavy atom. The molecule has 3 heteroatoms. The van der Waals surface area contributed by atoms with Crippen molar-refractivity contribution in [3.05, 3.63) is 211 Å². The molecule has 0 amide bonds. The lowest BCUT2D eigenvalue weighted by Crippen LogP contribution is -2.12. The van der Waals surface area contributed by atoms with Gasteiger partial charge < -0.3 is 9.32 Å². The molecule has 56 heavy (non-hydrogen) atoms. The van der Waals surface area contributed by atoms with Crippen molar-refractivity contribution < 1.29 is 4.42 Å². The quantitative estimate of drug-likeness (QED) is 0.156. The molecule has 7 aromatic carbocycles. The van der Waals surface area contributed by atoms with Crippen LogP contribution in [0.5, 0.6) is 0 Å². The number of hydrogen-bond acceptors (Lipinski definition) is 3. The standard InChI is InChI=1S/C53H40N2O/c1-4-13-37(14-5-1)39-23-25-41(26-24-39)42-31-34-46(35-32-42)55(48-21-11-10-20-47(48)43-17-8-3-9-18-43)49-22-12-19-44-33-36-50-52(51(44)49)54-53(56-50)45-29-27-40(28-30-45)38-15-6-2-7-16-38/h2-4,6-23,25-36,39H,1,5,24H2. The van der Waals surface area contributed by atoms with Crippen LogP contribution < -0.4 is 4.90 Å². The molecule has 1 heterocycles. The van der Waals surface area contributed by atoms with Gasteiger partial charge in [0.2, 0.25) is 5.89 Å². The van der Waals surface area contributed by atoms with E-state index in [1.165, 1.54) is 22.3 Å². The first kappa shape index (κ1) is 33.6. The fourth-order valence-electron chi connectivity index (χ4n) is 8.22. The van der Waals surface area contributed by atoms with Crippen molar-refractivity contribution in [2.45, 2.75) is 19.3 Å². The van der Waals surface area contributed by atoms with Gasteiger partial charge in [-0.15, -0.1) is 0 Å². The molecule has 0 aliphatic heterocycles. The summed E-state index contributed by atoms with van der Waals surface area (Å²) in [5, 5.41) is 2.14. The highest BCUT2D eigenvalue weighted by molar-refractivity contribution is 6.13. The van der Waals surface area contributed by atoms with Gasteiger partial charge in [0.05, 0.1) is 11.4 Å². The molecule has 268 valence electrons. The summed E-state index contributed by atoms with van der Waals surface area (Å²) >= 11 is 0. The van der Waals surface area contributed by atoms with Gasteiger partial charge in [-0.2, -0.15) is 0 Å². The van der Waals surface area contributed by atoms with Crippen molar-refractivity contribution in [1.82, 2.24) is 4.98 Å². The van der Waals surface area contributed by atoms with Gasteiger partial charge in [-0.25, -0.2) is 4.98 Å². The number of oxazole rings is 1. The summed E-state index contributed by atoms with van der Waals surface area (Å²) in [6.07, 6.45) is 17.4. The second kappa shape index (κ2) is 14.7. The SMILES string of the molecule is C1=CC(C2C=CC(c3ccc(N(c4ccccc4-c4ccccc4)c4cccc5ccc6oc(-c7ccc(-c8ccccc8)cc7)nc6c45)cc3)=CC2)=CCC1. The minimum atomic E-state index is 0.452. The van der Waals surface area contributed by atoms with Crippen LogP contribution in [0.3, 0.4) is 0 Å². The predicted octanol–water partition coefficient (Wildman–Crippen LogP) is 14.7. The molecule has 0 spiro atoms. The molecular formula is C53H40N2O. The van der Waals surface area contributed by atoms with E-state index in [-0.39, 0.29) is 0 Å². The Balaban J connectivity index is 1.08. The van der Waals surface area contributed by atoms with Crippen LogP contribution >= 0.6 is 0 Å². The summed E-state index contributed by atoms with van der Waals surface area (Å²) in [6.45, 7) is 0. The van der Waals surface area contributed by atoms with Crippen molar-refractivity contribution in [2.75, 3.05) is 4.90 Å². The Morgan fingerprint density at radius 1 is 0.536 bits per heavy atom. The highest BCUT2D eigenvalue weighted by atomic mass is 16.3. The van der Waals surface area contributed by atoms with Crippen molar-refractivity contribution in [2.24, 2.45) is 5.92 Å². The van der Waals surface area contributed by atoms with Crippen LogP contribution in [0.1, 0.15) is 24.8 Å². The first-order chi connectivity index (χ1) is 27.8. The van der Waals surface area contributed by atoms with E-state index in [1.807, 2.05) is 12.1 Å². The average Bonchev–Trinajstić information content (AvgIpc) is 3.73. The van der Waals surface area contributed by atoms with Crippen molar-refractivity contribution in [1.29, 1.82) is 0 Å². The number of para-hydroxylation sites is 1. The first-order valence-electron chi connectivity index (χ1n) is 19.5. The molecule has 1 unspecified atom stereocenters. The molecule has 3 nitrogen and oxygen atoms in total. The number of fused-ring (bicyclic) bond motifs is 3. The molecule has 1 aromatic heterocycles. The molecule has 2 aliphatic rings. The summed E-state index contributed by atoms with van der Waals surface area (Å²) in [4.78, 5) is 7.61. The molecule has 2 aliphatic carbocycles. The van der Waals surface area contributed by atoms with E-state index in [0.29, 0.717) is 11.8 Å². The number of allylic oxidation sites excluding steroid dienone is 8. The number of anilines is 3. The van der Waals surface area contributed by atoms with Crippen LogP contribution in [0.25, 0.3) is 61.2 Å². The Labute approximate surface area is 327 Å². The monoisotopic (exact) mass is 720 g/mol. The minimum Gasteiger partial charge on any atom is -0.436 e. The van der Waals surface area contributed by atoms with Gasteiger partial charge in [0.25, 0.3) is 0 Å². The number of rotatable bonds is 8. The molecule has 0 saturated carbocycles. The van der Waals surface area contributed by atoms with Gasteiger partial charge >= 0.3 is 0 Å². The van der Waals surface area contributed by atoms with Gasteiger partial charge in [0.1, 0.15) is 5.52 Å². The van der Waals surface area contributed by atoms with E-state index in [2.05, 4.69) is 193 Å². The lowest BCUT2D eigenvalue weighted by Gasteiger charge is -2.29. The first-order valence-corrected chi connectivity index (χ1v) is 19.5. The van der Waals surface area contributed by atoms with Gasteiger partial charge in [0, 0.05) is 28.1 Å². The molecule has 0 saturated heterocycles. The Kier molecular flexibility index (Phi) is 8.81. The van der Waals surface area contributed by atoms with Crippen LogP contribution in [0.15, 0.2) is 210 Å². The largest absolute Gasteiger partial charge is 0.436 e. The second-order valence-electron chi connectivity index (χ2n) is 14.6. The summed E-state index contributed by atoms with van der Waals surface area (Å²) in [5.41, 5.74) is 14.3. The highest BCUT2D eigenvalue weighted by Gasteiger charge is 2.23. The minimum absolute atomic E-state index is 0.452. The zero-order valence-corrected chi connectivity index (χ0v) is 31.1. The van der Waals surface area contributed by atoms with Gasteiger partial charge in [-0.1, -0.05) is 158 Å². The molecule has 10 rings (SSSR count). The number of nitrogens with zero attached hydrogens (tertiary/aromatic N) is 2. The maximum absolute atomic E-state index is 6.53. The van der Waals surface area contributed by atoms with Crippen LogP contribution in [0, 0.1) is 5.92 Å². The van der Waals surface area contributed by atoms with Crippen LogP contribution in [0.2, 0.25) is 0 Å². The number of hydrogen-bond donors (Lipinski definition) is 0. The normalized spacial score (nSPS) is 15.2. The molecule has 8 aromatic rings. The van der Waals surface area contributed by atoms with Gasteiger partial charge in [-0.05, 0) is 101 Å². The van der Waals surface area contributed by atoms with E-state index < -0.39 is 0 Å². The predicted molar refractivity (Wildman–Crippen MR) is 234 cm³/mol. The van der Waals surface area contributed by atoms with E-state index in [0.717, 1.165) is 80.5 Å². The van der Waals surface area contributed by atoms with Gasteiger partial charge in [-0.3, -0.25) is 0 Å². The fraction of sp³-hybridized carbons (Fsp3) is 0.0755. The second-order valence-corrected chi connectivity index (χ2v) is 14.6. The van der Waals surface area contributed by atoms with Crippen molar-refractivity contribution in [3.63, 3.8) is 0 Å². The molecule has 0 radical (unpaired) electrons. The van der Waals surface area contributed by atoms with Crippen LogP contribution in [-0.2, 0) is 0 Å². The Morgan fingerprint density at radius 2 is 1.23 bits per heavy atom. The van der Waals surface area contributed by atoms with Crippen LogP contribution in [-0.4, -0.2) is 4.98 Å². The van der Waals surface area contributed by atoms with Gasteiger partial charge in [0.15, 0.2) is 5.58 Å². The maximum atomic E-state index is 6.53. The summed E-state index contributed by atoms with van der Waals surface area (Å²) in [5.74, 6) is 1.06. The van der Waals surface area contributed by atoms with Crippen molar-refractivity contribution >= 4 is 44.5 Å². The third-order valence-electron chi connectivity index (χ3n) is 11.1. The topological polar surface area (TPSA) is 29.3 Å². The third-order valence-corrected chi connectivity index (χ3v) is 11.1. The highest BCUT2D eigenvalue weighted by Crippen LogP contribution is 2.46. The zero-order chi connectivity index (χ0) is 37.3. The van der Waals surface area contributed by atoms with Crippen molar-refractivity contribution in [3.8, 4) is 33.7 Å². The molecule has 1 atom stereocenters. The van der Waals surface area contributed by atoms with E-state index in [1.54, 1.807) is 0 Å². The fourth-order valence-corrected chi connectivity index (χ4v) is 8.22.